The lowest BCUT2D eigenvalue weighted by Crippen LogP contribution is -2.35. The maximum Gasteiger partial charge on any atom is 0.222 e. The summed E-state index contributed by atoms with van der Waals surface area (Å²) < 4.78 is 5.47. The van der Waals surface area contributed by atoms with Gasteiger partial charge in [0.1, 0.15) is 5.82 Å². The van der Waals surface area contributed by atoms with Crippen LogP contribution < -0.4 is 11.1 Å². The van der Waals surface area contributed by atoms with Crippen LogP contribution >= 0.6 is 0 Å². The monoisotopic (exact) mass is 367 g/mol. The van der Waals surface area contributed by atoms with Crippen molar-refractivity contribution < 1.29 is 4.74 Å². The van der Waals surface area contributed by atoms with E-state index >= 15 is 0 Å². The molecule has 144 valence electrons. The minimum atomic E-state index is 0.345. The van der Waals surface area contributed by atoms with Crippen LogP contribution in [0.1, 0.15) is 36.4 Å². The van der Waals surface area contributed by atoms with Crippen molar-refractivity contribution in [2.75, 3.05) is 43.9 Å². The third-order valence-corrected chi connectivity index (χ3v) is 5.64. The number of hydrogen-bond acceptors (Lipinski definition) is 6. The number of likely N-dealkylation sites (tertiary alicyclic amines) is 1. The zero-order chi connectivity index (χ0) is 18.5. The molecule has 3 N–H and O–H groups in total. The molecule has 2 saturated heterocycles. The van der Waals surface area contributed by atoms with Gasteiger partial charge in [-0.3, -0.25) is 4.90 Å². The van der Waals surface area contributed by atoms with E-state index in [0.717, 1.165) is 57.3 Å². The van der Waals surface area contributed by atoms with E-state index < -0.39 is 0 Å². The molecule has 0 spiro atoms. The summed E-state index contributed by atoms with van der Waals surface area (Å²) in [5.74, 6) is 2.21. The van der Waals surface area contributed by atoms with Crippen molar-refractivity contribution in [3.63, 3.8) is 0 Å². The number of hydrogen-bond donors (Lipinski definition) is 2. The lowest BCUT2D eigenvalue weighted by molar-refractivity contribution is 0.182. The first-order valence-electron chi connectivity index (χ1n) is 9.98. The third kappa shape index (κ3) is 4.96. The molecule has 2 aliphatic heterocycles. The van der Waals surface area contributed by atoms with Crippen molar-refractivity contribution in [3.8, 4) is 0 Å². The molecule has 0 radical (unpaired) electrons. The molecule has 2 aromatic rings. The van der Waals surface area contributed by atoms with Crippen LogP contribution in [0.5, 0.6) is 0 Å². The number of rotatable bonds is 6. The molecule has 27 heavy (non-hydrogen) atoms. The van der Waals surface area contributed by atoms with Crippen LogP contribution in [0.3, 0.4) is 0 Å². The third-order valence-electron chi connectivity index (χ3n) is 5.64. The predicted octanol–water partition coefficient (Wildman–Crippen LogP) is 2.89. The van der Waals surface area contributed by atoms with E-state index in [1.807, 2.05) is 6.07 Å². The minimum Gasteiger partial charge on any atom is -0.381 e. The molecule has 2 aliphatic rings. The lowest BCUT2D eigenvalue weighted by atomic mass is 9.96. The second-order valence-electron chi connectivity index (χ2n) is 7.68. The Morgan fingerprint density at radius 3 is 2.67 bits per heavy atom. The number of ether oxygens (including phenoxy) is 1. The standard InChI is InChI=1S/C21H29N5O/c22-21-24-19(18-8-11-27-15-18)12-20(25-21)23-13-16-6-9-26(10-7-16)14-17-4-2-1-3-5-17/h1-5,12,16,18H,6-11,13-15H2,(H3,22,23,24,25)/t18-/m1/s1. The van der Waals surface area contributed by atoms with E-state index in [4.69, 9.17) is 10.5 Å². The van der Waals surface area contributed by atoms with Crippen LogP contribution in [-0.2, 0) is 11.3 Å². The van der Waals surface area contributed by atoms with E-state index in [2.05, 4.69) is 50.5 Å². The highest BCUT2D eigenvalue weighted by atomic mass is 16.5. The molecule has 6 nitrogen and oxygen atoms in total. The maximum absolute atomic E-state index is 5.92. The number of nitrogens with two attached hydrogens (primary N) is 1. The van der Waals surface area contributed by atoms with E-state index in [9.17, 15) is 0 Å². The van der Waals surface area contributed by atoms with Gasteiger partial charge in [0, 0.05) is 31.7 Å². The smallest absolute Gasteiger partial charge is 0.222 e. The Balaban J connectivity index is 1.26. The van der Waals surface area contributed by atoms with Gasteiger partial charge in [0.25, 0.3) is 0 Å². The van der Waals surface area contributed by atoms with Crippen molar-refractivity contribution in [2.45, 2.75) is 31.7 Å². The summed E-state index contributed by atoms with van der Waals surface area (Å²) in [6, 6.07) is 12.8. The molecule has 0 aliphatic carbocycles. The number of benzene rings is 1. The minimum absolute atomic E-state index is 0.345. The van der Waals surface area contributed by atoms with E-state index in [1.54, 1.807) is 0 Å². The normalized spacial score (nSPS) is 21.4. The second kappa shape index (κ2) is 8.67. The Morgan fingerprint density at radius 2 is 1.93 bits per heavy atom. The van der Waals surface area contributed by atoms with Gasteiger partial charge in [0.15, 0.2) is 0 Å². The maximum atomic E-state index is 5.92. The van der Waals surface area contributed by atoms with Crippen LogP contribution in [0.4, 0.5) is 11.8 Å². The molecular formula is C21H29N5O. The van der Waals surface area contributed by atoms with E-state index in [-0.39, 0.29) is 0 Å². The highest BCUT2D eigenvalue weighted by Crippen LogP contribution is 2.26. The molecule has 0 unspecified atom stereocenters. The fraction of sp³-hybridized carbons (Fsp3) is 0.524. The fourth-order valence-corrected chi connectivity index (χ4v) is 3.99. The summed E-state index contributed by atoms with van der Waals surface area (Å²) in [6.07, 6.45) is 3.43. The van der Waals surface area contributed by atoms with Crippen LogP contribution in [0.2, 0.25) is 0 Å². The van der Waals surface area contributed by atoms with Crippen molar-refractivity contribution in [1.29, 1.82) is 0 Å². The Labute approximate surface area is 161 Å². The van der Waals surface area contributed by atoms with Crippen LogP contribution in [0.15, 0.2) is 36.4 Å². The Morgan fingerprint density at radius 1 is 1.11 bits per heavy atom. The average Bonchev–Trinajstić information content (AvgIpc) is 3.23. The molecular weight excluding hydrogens is 338 g/mol. The first-order chi connectivity index (χ1) is 13.3. The summed E-state index contributed by atoms with van der Waals surface area (Å²) in [7, 11) is 0. The van der Waals surface area contributed by atoms with Gasteiger partial charge in [0.2, 0.25) is 5.95 Å². The van der Waals surface area contributed by atoms with Crippen molar-refractivity contribution in [1.82, 2.24) is 14.9 Å². The average molecular weight is 367 g/mol. The first kappa shape index (κ1) is 18.2. The SMILES string of the molecule is Nc1nc(NCC2CCN(Cc3ccccc3)CC2)cc([C@@H]2CCOC2)n1. The lowest BCUT2D eigenvalue weighted by Gasteiger charge is -2.32. The van der Waals surface area contributed by atoms with Gasteiger partial charge in [-0.2, -0.15) is 4.98 Å². The van der Waals surface area contributed by atoms with Crippen molar-refractivity contribution in [2.24, 2.45) is 5.92 Å². The summed E-state index contributed by atoms with van der Waals surface area (Å²) >= 11 is 0. The van der Waals surface area contributed by atoms with Gasteiger partial charge in [-0.15, -0.1) is 0 Å². The van der Waals surface area contributed by atoms with E-state index in [0.29, 0.717) is 17.8 Å². The van der Waals surface area contributed by atoms with Gasteiger partial charge < -0.3 is 15.8 Å². The number of nitrogens with one attached hydrogen (secondary N) is 1. The molecule has 6 heteroatoms. The topological polar surface area (TPSA) is 76.3 Å². The Bertz CT molecular complexity index is 725. The highest BCUT2D eigenvalue weighted by Gasteiger charge is 2.22. The van der Waals surface area contributed by atoms with Crippen LogP contribution in [0.25, 0.3) is 0 Å². The molecule has 2 fully saturated rings. The number of nitrogen functional groups attached to an aromatic ring is 1. The van der Waals surface area contributed by atoms with Gasteiger partial charge >= 0.3 is 0 Å². The van der Waals surface area contributed by atoms with Crippen molar-refractivity contribution in [3.05, 3.63) is 47.7 Å². The number of piperidine rings is 1. The number of aromatic nitrogens is 2. The highest BCUT2D eigenvalue weighted by molar-refractivity contribution is 5.41. The van der Waals surface area contributed by atoms with Gasteiger partial charge in [-0.05, 0) is 43.8 Å². The zero-order valence-electron chi connectivity index (χ0n) is 15.8. The summed E-state index contributed by atoms with van der Waals surface area (Å²) in [5, 5.41) is 3.49. The molecule has 0 saturated carbocycles. The Hall–Kier alpha value is -2.18. The van der Waals surface area contributed by atoms with Gasteiger partial charge in [-0.25, -0.2) is 4.98 Å². The second-order valence-corrected chi connectivity index (χ2v) is 7.68. The largest absolute Gasteiger partial charge is 0.381 e. The fourth-order valence-electron chi connectivity index (χ4n) is 3.99. The van der Waals surface area contributed by atoms with Gasteiger partial charge in [0.05, 0.1) is 12.3 Å². The molecule has 0 bridgehead atoms. The van der Waals surface area contributed by atoms with Crippen molar-refractivity contribution >= 4 is 11.8 Å². The molecule has 3 heterocycles. The summed E-state index contributed by atoms with van der Waals surface area (Å²) in [4.78, 5) is 11.3. The zero-order valence-corrected chi connectivity index (χ0v) is 15.8. The molecule has 1 atom stereocenters. The molecule has 0 amide bonds. The number of anilines is 2. The quantitative estimate of drug-likeness (QED) is 0.818. The molecule has 4 rings (SSSR count). The summed E-state index contributed by atoms with van der Waals surface area (Å²) in [5.41, 5.74) is 8.31. The number of nitrogens with zero attached hydrogens (tertiary/aromatic N) is 3. The van der Waals surface area contributed by atoms with Crippen LogP contribution in [0, 0.1) is 5.92 Å². The van der Waals surface area contributed by atoms with Gasteiger partial charge in [-0.1, -0.05) is 30.3 Å². The van der Waals surface area contributed by atoms with Crippen LogP contribution in [-0.4, -0.2) is 47.7 Å². The molecule has 1 aromatic carbocycles. The van der Waals surface area contributed by atoms with E-state index in [1.165, 1.54) is 18.4 Å². The first-order valence-corrected chi connectivity index (χ1v) is 9.98. The Kier molecular flexibility index (Phi) is 5.84. The molecule has 1 aromatic heterocycles. The summed E-state index contributed by atoms with van der Waals surface area (Å²) in [6.45, 7) is 5.83. The predicted molar refractivity (Wildman–Crippen MR) is 108 cm³/mol.